The molecule has 0 saturated carbocycles. The molecule has 112 valence electrons. The summed E-state index contributed by atoms with van der Waals surface area (Å²) in [6.45, 7) is 7.32. The lowest BCUT2D eigenvalue weighted by atomic mass is 10.1. The van der Waals surface area contributed by atoms with Crippen LogP contribution in [0.4, 0.5) is 4.39 Å². The number of hydrogen-bond donors (Lipinski definition) is 2. The number of carbonyl (C=O) groups is 1. The maximum absolute atomic E-state index is 13.2. The molecule has 1 aromatic carbocycles. The van der Waals surface area contributed by atoms with Crippen LogP contribution in [-0.4, -0.2) is 18.1 Å². The van der Waals surface area contributed by atoms with Gasteiger partial charge in [-0.3, -0.25) is 4.79 Å². The summed E-state index contributed by atoms with van der Waals surface area (Å²) in [7, 11) is 0. The van der Waals surface area contributed by atoms with E-state index in [-0.39, 0.29) is 23.8 Å². The average Bonchev–Trinajstić information content (AvgIpc) is 2.40. The van der Waals surface area contributed by atoms with Crippen LogP contribution in [0.1, 0.15) is 45.7 Å². The topological polar surface area (TPSA) is 64.3 Å². The third-order valence-corrected chi connectivity index (χ3v) is 3.14. The van der Waals surface area contributed by atoms with E-state index in [4.69, 9.17) is 10.5 Å². The third kappa shape index (κ3) is 4.49. The first kappa shape index (κ1) is 16.4. The van der Waals surface area contributed by atoms with Gasteiger partial charge in [-0.05, 0) is 45.4 Å². The first-order chi connectivity index (χ1) is 9.35. The minimum atomic E-state index is -0.660. The number of halogens is 1. The molecule has 0 fully saturated rings. The standard InChI is InChI=1S/C15H23FN2O2/c1-5-9(2)18-15(19)11(4)20-14-7-6-12(16)8-13(14)10(3)17/h6-11H,5,17H2,1-4H3,(H,18,19). The monoisotopic (exact) mass is 282 g/mol. The van der Waals surface area contributed by atoms with Gasteiger partial charge >= 0.3 is 0 Å². The summed E-state index contributed by atoms with van der Waals surface area (Å²) in [4.78, 5) is 11.9. The van der Waals surface area contributed by atoms with Crippen LogP contribution >= 0.6 is 0 Å². The molecule has 1 aromatic rings. The minimum Gasteiger partial charge on any atom is -0.481 e. The summed E-state index contributed by atoms with van der Waals surface area (Å²) in [5, 5.41) is 2.84. The molecule has 5 heteroatoms. The van der Waals surface area contributed by atoms with Crippen LogP contribution < -0.4 is 15.8 Å². The van der Waals surface area contributed by atoms with Gasteiger partial charge in [0.15, 0.2) is 6.10 Å². The highest BCUT2D eigenvalue weighted by atomic mass is 19.1. The Morgan fingerprint density at radius 3 is 2.60 bits per heavy atom. The predicted molar refractivity (Wildman–Crippen MR) is 77.0 cm³/mol. The summed E-state index contributed by atoms with van der Waals surface area (Å²) in [6.07, 6.45) is 0.187. The fraction of sp³-hybridized carbons (Fsp3) is 0.533. The van der Waals surface area contributed by atoms with Crippen molar-refractivity contribution in [3.8, 4) is 5.75 Å². The van der Waals surface area contributed by atoms with E-state index >= 15 is 0 Å². The van der Waals surface area contributed by atoms with Gasteiger partial charge in [-0.15, -0.1) is 0 Å². The quantitative estimate of drug-likeness (QED) is 0.842. The Hall–Kier alpha value is -1.62. The number of amides is 1. The second-order valence-electron chi connectivity index (χ2n) is 5.05. The molecule has 0 heterocycles. The van der Waals surface area contributed by atoms with Crippen molar-refractivity contribution in [1.29, 1.82) is 0 Å². The Bertz CT molecular complexity index is 463. The number of hydrogen-bond acceptors (Lipinski definition) is 3. The van der Waals surface area contributed by atoms with Crippen LogP contribution in [0, 0.1) is 5.82 Å². The molecule has 1 rings (SSSR count). The van der Waals surface area contributed by atoms with Crippen molar-refractivity contribution in [2.24, 2.45) is 5.73 Å². The summed E-state index contributed by atoms with van der Waals surface area (Å²) >= 11 is 0. The fourth-order valence-electron chi connectivity index (χ4n) is 1.69. The van der Waals surface area contributed by atoms with Gasteiger partial charge in [0.1, 0.15) is 11.6 Å². The van der Waals surface area contributed by atoms with Crippen LogP contribution in [0.15, 0.2) is 18.2 Å². The largest absolute Gasteiger partial charge is 0.481 e. The number of nitrogens with one attached hydrogen (secondary N) is 1. The van der Waals surface area contributed by atoms with Crippen LogP contribution in [0.25, 0.3) is 0 Å². The maximum Gasteiger partial charge on any atom is 0.260 e. The predicted octanol–water partition coefficient (Wildman–Crippen LogP) is 2.53. The molecule has 1 amide bonds. The molecular formula is C15H23FN2O2. The molecule has 3 unspecified atom stereocenters. The molecule has 4 nitrogen and oxygen atoms in total. The van der Waals surface area contributed by atoms with E-state index in [0.717, 1.165) is 6.42 Å². The molecule has 0 aliphatic heterocycles. The molecule has 0 aromatic heterocycles. The molecular weight excluding hydrogens is 259 g/mol. The SMILES string of the molecule is CCC(C)NC(=O)C(C)Oc1ccc(F)cc1C(C)N. The zero-order chi connectivity index (χ0) is 15.3. The number of rotatable bonds is 6. The Balaban J connectivity index is 2.80. The average molecular weight is 282 g/mol. The van der Waals surface area contributed by atoms with Gasteiger partial charge in [0.05, 0.1) is 0 Å². The molecule has 3 atom stereocenters. The van der Waals surface area contributed by atoms with Crippen molar-refractivity contribution in [2.45, 2.75) is 52.3 Å². The van der Waals surface area contributed by atoms with Crippen molar-refractivity contribution in [3.05, 3.63) is 29.6 Å². The first-order valence-corrected chi connectivity index (χ1v) is 6.87. The van der Waals surface area contributed by atoms with Crippen molar-refractivity contribution in [2.75, 3.05) is 0 Å². The van der Waals surface area contributed by atoms with E-state index in [1.807, 2.05) is 13.8 Å². The summed E-state index contributed by atoms with van der Waals surface area (Å²) < 4.78 is 18.8. The Labute approximate surface area is 119 Å². The van der Waals surface area contributed by atoms with E-state index in [1.165, 1.54) is 18.2 Å². The lowest BCUT2D eigenvalue weighted by Crippen LogP contribution is -2.41. The molecule has 0 saturated heterocycles. The highest BCUT2D eigenvalue weighted by molar-refractivity contribution is 5.81. The highest BCUT2D eigenvalue weighted by Gasteiger charge is 2.19. The van der Waals surface area contributed by atoms with Gasteiger partial charge in [0.2, 0.25) is 0 Å². The number of benzene rings is 1. The smallest absolute Gasteiger partial charge is 0.260 e. The van der Waals surface area contributed by atoms with Crippen molar-refractivity contribution in [3.63, 3.8) is 0 Å². The van der Waals surface area contributed by atoms with E-state index in [2.05, 4.69) is 5.32 Å². The van der Waals surface area contributed by atoms with Crippen molar-refractivity contribution < 1.29 is 13.9 Å². The molecule has 3 N–H and O–H groups in total. The zero-order valence-corrected chi connectivity index (χ0v) is 12.4. The lowest BCUT2D eigenvalue weighted by Gasteiger charge is -2.20. The van der Waals surface area contributed by atoms with Gasteiger partial charge in [0, 0.05) is 17.6 Å². The normalized spacial score (nSPS) is 15.3. The third-order valence-electron chi connectivity index (χ3n) is 3.14. The number of ether oxygens (including phenoxy) is 1. The molecule has 0 aliphatic carbocycles. The van der Waals surface area contributed by atoms with Gasteiger partial charge in [0.25, 0.3) is 5.91 Å². The van der Waals surface area contributed by atoms with Crippen LogP contribution in [0.3, 0.4) is 0 Å². The Kier molecular flexibility index (Phi) is 5.95. The van der Waals surface area contributed by atoms with Crippen molar-refractivity contribution >= 4 is 5.91 Å². The summed E-state index contributed by atoms with van der Waals surface area (Å²) in [5.74, 6) is -0.131. The van der Waals surface area contributed by atoms with E-state index in [0.29, 0.717) is 11.3 Å². The van der Waals surface area contributed by atoms with Gasteiger partial charge in [-0.1, -0.05) is 6.92 Å². The first-order valence-electron chi connectivity index (χ1n) is 6.87. The maximum atomic E-state index is 13.2. The van der Waals surface area contributed by atoms with Gasteiger partial charge < -0.3 is 15.8 Å². The second-order valence-corrected chi connectivity index (χ2v) is 5.05. The zero-order valence-electron chi connectivity index (χ0n) is 12.4. The highest BCUT2D eigenvalue weighted by Crippen LogP contribution is 2.25. The van der Waals surface area contributed by atoms with Crippen LogP contribution in [0.2, 0.25) is 0 Å². The number of carbonyl (C=O) groups excluding carboxylic acids is 1. The van der Waals surface area contributed by atoms with E-state index in [1.54, 1.807) is 13.8 Å². The van der Waals surface area contributed by atoms with E-state index < -0.39 is 6.10 Å². The second kappa shape index (κ2) is 7.24. The van der Waals surface area contributed by atoms with E-state index in [9.17, 15) is 9.18 Å². The van der Waals surface area contributed by atoms with Gasteiger partial charge in [-0.2, -0.15) is 0 Å². The Morgan fingerprint density at radius 1 is 1.40 bits per heavy atom. The van der Waals surface area contributed by atoms with Gasteiger partial charge in [-0.25, -0.2) is 4.39 Å². The number of nitrogens with two attached hydrogens (primary N) is 1. The van der Waals surface area contributed by atoms with Crippen LogP contribution in [0.5, 0.6) is 5.75 Å². The van der Waals surface area contributed by atoms with Crippen molar-refractivity contribution in [1.82, 2.24) is 5.32 Å². The minimum absolute atomic E-state index is 0.0923. The van der Waals surface area contributed by atoms with Crippen LogP contribution in [-0.2, 0) is 4.79 Å². The summed E-state index contributed by atoms with van der Waals surface area (Å²) in [6, 6.07) is 3.85. The molecule has 0 aliphatic rings. The fourth-order valence-corrected chi connectivity index (χ4v) is 1.69. The molecule has 0 spiro atoms. The summed E-state index contributed by atoms with van der Waals surface area (Å²) in [5.41, 5.74) is 6.34. The molecule has 0 radical (unpaired) electrons. The molecule has 20 heavy (non-hydrogen) atoms. The lowest BCUT2D eigenvalue weighted by molar-refractivity contribution is -0.127. The Morgan fingerprint density at radius 2 is 2.05 bits per heavy atom. The molecule has 0 bridgehead atoms.